The summed E-state index contributed by atoms with van der Waals surface area (Å²) in [4.78, 5) is 0. The number of quaternary nitrogens is 1. The second-order valence-electron chi connectivity index (χ2n) is 3.09. The maximum atomic E-state index is 7.52. The van der Waals surface area contributed by atoms with Crippen LogP contribution in [-0.4, -0.2) is 7.11 Å². The summed E-state index contributed by atoms with van der Waals surface area (Å²) in [6.07, 6.45) is 0. The van der Waals surface area contributed by atoms with Crippen LogP contribution in [0.3, 0.4) is 0 Å². The fraction of sp³-hybridized carbons (Fsp3) is 0.333. The van der Waals surface area contributed by atoms with Crippen molar-refractivity contribution < 1.29 is 9.75 Å². The van der Waals surface area contributed by atoms with Gasteiger partial charge in [0.25, 0.3) is 0 Å². The van der Waals surface area contributed by atoms with Crippen LogP contribution < -0.4 is 9.75 Å². The molecule has 2 rings (SSSR count). The van der Waals surface area contributed by atoms with E-state index in [1.807, 2.05) is 12.1 Å². The van der Waals surface area contributed by atoms with Gasteiger partial charge in [-0.15, -0.1) is 0 Å². The molecule has 1 aromatic rings. The van der Waals surface area contributed by atoms with Crippen LogP contribution in [0.5, 0.6) is 5.75 Å². The Hall–Kier alpha value is -1.06. The van der Waals surface area contributed by atoms with Crippen LogP contribution in [0.1, 0.15) is 11.1 Å². The van der Waals surface area contributed by atoms with Gasteiger partial charge in [-0.2, -0.15) is 0 Å². The van der Waals surface area contributed by atoms with E-state index in [1.165, 1.54) is 11.1 Å². The summed E-state index contributed by atoms with van der Waals surface area (Å²) >= 11 is 0. The third-order valence-electron chi connectivity index (χ3n) is 2.22. The minimum Gasteiger partial charge on any atom is -0.497 e. The predicted octanol–water partition coefficient (Wildman–Crippen LogP) is 0.561. The lowest BCUT2D eigenvalue weighted by molar-refractivity contribution is -0.869. The fourth-order valence-corrected chi connectivity index (χ4v) is 1.59. The van der Waals surface area contributed by atoms with Gasteiger partial charge >= 0.3 is 0 Å². The van der Waals surface area contributed by atoms with Crippen LogP contribution in [0.15, 0.2) is 18.2 Å². The summed E-state index contributed by atoms with van der Waals surface area (Å²) in [5.41, 5.74) is 2.53. The van der Waals surface area contributed by atoms with E-state index < -0.39 is 0 Å². The smallest absolute Gasteiger partial charge is 0.119 e. The molecule has 0 radical (unpaired) electrons. The summed E-state index contributed by atoms with van der Waals surface area (Å²) in [5, 5.41) is 0.804. The molecule has 2 N–H and O–H groups in total. The molecule has 64 valence electrons. The minimum absolute atomic E-state index is 0.798. The van der Waals surface area contributed by atoms with Gasteiger partial charge in [-0.3, -0.25) is 0 Å². The number of nitrogens with one attached hydrogen (secondary N) is 2. The number of fused-ring (bicyclic) bond motifs is 1. The predicted molar refractivity (Wildman–Crippen MR) is 45.7 cm³/mol. The number of methoxy groups -OCH3 is 1. The standard InChI is InChI=1S/C9H12N2O/c1-12-9-3-2-7-5-11(10)6-8(7)4-9/h2-4,10-11H,5-6H2,1H3. The highest BCUT2D eigenvalue weighted by atomic mass is 16.5. The van der Waals surface area contributed by atoms with E-state index in [1.54, 1.807) is 7.11 Å². The molecule has 1 aliphatic rings. The van der Waals surface area contributed by atoms with Gasteiger partial charge in [-0.05, 0) is 18.2 Å². The zero-order valence-electron chi connectivity index (χ0n) is 7.05. The van der Waals surface area contributed by atoms with Crippen LogP contribution in [0, 0.1) is 0 Å². The molecule has 0 spiro atoms. The Morgan fingerprint density at radius 3 is 2.83 bits per heavy atom. The topological polar surface area (TPSA) is 37.5 Å². The van der Waals surface area contributed by atoms with Crippen molar-refractivity contribution in [3.63, 3.8) is 0 Å². The highest BCUT2D eigenvalue weighted by Crippen LogP contribution is 2.19. The first-order chi connectivity index (χ1) is 5.79. The maximum absolute atomic E-state index is 7.52. The molecule has 0 saturated carbocycles. The van der Waals surface area contributed by atoms with Crippen molar-refractivity contribution in [1.29, 1.82) is 0 Å². The van der Waals surface area contributed by atoms with Crippen molar-refractivity contribution in [1.82, 2.24) is 0 Å². The van der Waals surface area contributed by atoms with Crippen LogP contribution in [0.2, 0.25) is 0 Å². The summed E-state index contributed by atoms with van der Waals surface area (Å²) in [6, 6.07) is 6.03. The molecule has 1 atom stereocenters. The first-order valence-corrected chi connectivity index (χ1v) is 4.01. The molecule has 0 aliphatic carbocycles. The van der Waals surface area contributed by atoms with E-state index in [-0.39, 0.29) is 0 Å². The fourth-order valence-electron chi connectivity index (χ4n) is 1.59. The van der Waals surface area contributed by atoms with Gasteiger partial charge < -0.3 is 15.6 Å². The Kier molecular flexibility index (Phi) is 1.75. The van der Waals surface area contributed by atoms with Gasteiger partial charge in [-0.1, -0.05) is 0 Å². The molecule has 0 fully saturated rings. The zero-order valence-corrected chi connectivity index (χ0v) is 7.05. The number of hydrogen-bond acceptors (Lipinski definition) is 1. The summed E-state index contributed by atoms with van der Waals surface area (Å²) in [5.74, 6) is 8.41. The number of hydrogen-bond donors (Lipinski definition) is 1. The second-order valence-corrected chi connectivity index (χ2v) is 3.09. The number of rotatable bonds is 1. The van der Waals surface area contributed by atoms with Crippen molar-refractivity contribution >= 4 is 0 Å². The van der Waals surface area contributed by atoms with E-state index in [0.29, 0.717) is 0 Å². The monoisotopic (exact) mass is 164 g/mol. The van der Waals surface area contributed by atoms with Gasteiger partial charge in [0.1, 0.15) is 5.75 Å². The second kappa shape index (κ2) is 2.77. The number of ether oxygens (including phenoxy) is 1. The Morgan fingerprint density at radius 1 is 1.33 bits per heavy atom. The lowest BCUT2D eigenvalue weighted by atomic mass is 10.1. The van der Waals surface area contributed by atoms with Crippen LogP contribution in [0.4, 0.5) is 0 Å². The largest absolute Gasteiger partial charge is 0.497 e. The molecule has 0 saturated heterocycles. The first-order valence-electron chi connectivity index (χ1n) is 4.01. The minimum atomic E-state index is 0.798. The Morgan fingerprint density at radius 2 is 2.08 bits per heavy atom. The van der Waals surface area contributed by atoms with E-state index >= 15 is 0 Å². The van der Waals surface area contributed by atoms with Gasteiger partial charge in [0.2, 0.25) is 0 Å². The van der Waals surface area contributed by atoms with Gasteiger partial charge in [-0.25, -0.2) is 0 Å². The molecule has 1 unspecified atom stereocenters. The molecule has 0 amide bonds. The third-order valence-corrected chi connectivity index (χ3v) is 2.22. The van der Waals surface area contributed by atoms with Gasteiger partial charge in [0.15, 0.2) is 0 Å². The molecule has 1 heterocycles. The van der Waals surface area contributed by atoms with E-state index in [0.717, 1.165) is 23.8 Å². The van der Waals surface area contributed by atoms with Gasteiger partial charge in [0.05, 0.1) is 20.2 Å². The average Bonchev–Trinajstić information content (AvgIpc) is 2.43. The summed E-state index contributed by atoms with van der Waals surface area (Å²) in [7, 11) is 1.67. The Bertz CT molecular complexity index is 299. The Labute approximate surface area is 71.7 Å². The normalized spacial score (nSPS) is 20.7. The SMILES string of the molecule is COc1ccc2c(c1)C[NH+]([NH-])C2. The molecule has 3 heteroatoms. The van der Waals surface area contributed by atoms with Crippen molar-refractivity contribution in [3.05, 3.63) is 35.2 Å². The van der Waals surface area contributed by atoms with Crippen LogP contribution >= 0.6 is 0 Å². The molecular formula is C9H12N2O. The Balaban J connectivity index is 2.35. The van der Waals surface area contributed by atoms with E-state index in [4.69, 9.17) is 10.6 Å². The van der Waals surface area contributed by atoms with Crippen molar-refractivity contribution in [2.24, 2.45) is 0 Å². The van der Waals surface area contributed by atoms with E-state index in [2.05, 4.69) is 6.07 Å². The lowest BCUT2D eigenvalue weighted by Crippen LogP contribution is -3.00. The van der Waals surface area contributed by atoms with Crippen LogP contribution in [0.25, 0.3) is 5.84 Å². The summed E-state index contributed by atoms with van der Waals surface area (Å²) in [6.45, 7) is 1.62. The molecule has 12 heavy (non-hydrogen) atoms. The quantitative estimate of drug-likeness (QED) is 0.647. The number of benzene rings is 1. The van der Waals surface area contributed by atoms with Crippen LogP contribution in [-0.2, 0) is 13.1 Å². The lowest BCUT2D eigenvalue weighted by Gasteiger charge is -2.11. The van der Waals surface area contributed by atoms with Crippen molar-refractivity contribution in [3.8, 4) is 5.75 Å². The first kappa shape index (κ1) is 7.58. The van der Waals surface area contributed by atoms with Crippen molar-refractivity contribution in [2.75, 3.05) is 7.11 Å². The molecule has 1 aromatic carbocycles. The highest BCUT2D eigenvalue weighted by molar-refractivity contribution is 5.35. The maximum Gasteiger partial charge on any atom is 0.119 e. The molecule has 3 nitrogen and oxygen atoms in total. The van der Waals surface area contributed by atoms with Gasteiger partial charge in [0, 0.05) is 11.1 Å². The molecular weight excluding hydrogens is 152 g/mol. The molecule has 0 bridgehead atoms. The highest BCUT2D eigenvalue weighted by Gasteiger charge is 2.16. The zero-order chi connectivity index (χ0) is 8.55. The molecule has 1 aliphatic heterocycles. The molecule has 0 aromatic heterocycles. The van der Waals surface area contributed by atoms with Crippen molar-refractivity contribution in [2.45, 2.75) is 13.1 Å². The average molecular weight is 164 g/mol. The third kappa shape index (κ3) is 1.17. The van der Waals surface area contributed by atoms with E-state index in [9.17, 15) is 0 Å². The summed E-state index contributed by atoms with van der Waals surface area (Å²) < 4.78 is 5.10.